The highest BCUT2D eigenvalue weighted by molar-refractivity contribution is 5.86. The van der Waals surface area contributed by atoms with E-state index in [4.69, 9.17) is 5.21 Å². The fourth-order valence-corrected chi connectivity index (χ4v) is 1.03. The molecule has 0 aromatic heterocycles. The second kappa shape index (κ2) is 4.21. The van der Waals surface area contributed by atoms with Gasteiger partial charge in [0.1, 0.15) is 0 Å². The van der Waals surface area contributed by atoms with Gasteiger partial charge in [-0.3, -0.25) is 20.2 Å². The van der Waals surface area contributed by atoms with Gasteiger partial charge in [0, 0.05) is 6.07 Å². The predicted octanol–water partition coefficient (Wildman–Crippen LogP) is 1.02. The third kappa shape index (κ3) is 2.03. The Balaban J connectivity index is 3.50. The SMILES string of the molecule is O=[N+]([O-])c1cc(C=NO)c(O)c([N+](=O)[O-])c1. The molecule has 0 fully saturated rings. The van der Waals surface area contributed by atoms with Gasteiger partial charge in [-0.05, 0) is 0 Å². The molecule has 84 valence electrons. The quantitative estimate of drug-likeness (QED) is 0.342. The first-order valence-corrected chi connectivity index (χ1v) is 3.80. The fraction of sp³-hybridized carbons (Fsp3) is 0. The van der Waals surface area contributed by atoms with Crippen LogP contribution in [-0.4, -0.2) is 26.4 Å². The lowest BCUT2D eigenvalue weighted by Crippen LogP contribution is -1.96. The molecule has 0 aliphatic rings. The van der Waals surface area contributed by atoms with Gasteiger partial charge in [0.05, 0.1) is 27.7 Å². The average Bonchev–Trinajstić information content (AvgIpc) is 2.20. The number of nitrogens with zero attached hydrogens (tertiary/aromatic N) is 3. The number of hydrogen-bond acceptors (Lipinski definition) is 7. The van der Waals surface area contributed by atoms with E-state index >= 15 is 0 Å². The van der Waals surface area contributed by atoms with Crippen molar-refractivity contribution in [1.29, 1.82) is 0 Å². The summed E-state index contributed by atoms with van der Waals surface area (Å²) >= 11 is 0. The Morgan fingerprint density at radius 2 is 1.88 bits per heavy atom. The molecule has 0 heterocycles. The average molecular weight is 227 g/mol. The fourth-order valence-electron chi connectivity index (χ4n) is 1.03. The third-order valence-corrected chi connectivity index (χ3v) is 1.71. The first-order chi connectivity index (χ1) is 7.47. The molecule has 0 saturated heterocycles. The van der Waals surface area contributed by atoms with E-state index in [1.807, 2.05) is 0 Å². The van der Waals surface area contributed by atoms with E-state index in [1.54, 1.807) is 0 Å². The molecule has 9 nitrogen and oxygen atoms in total. The number of rotatable bonds is 3. The van der Waals surface area contributed by atoms with Crippen LogP contribution in [-0.2, 0) is 0 Å². The van der Waals surface area contributed by atoms with Gasteiger partial charge in [-0.15, -0.1) is 0 Å². The molecule has 1 rings (SSSR count). The van der Waals surface area contributed by atoms with Gasteiger partial charge >= 0.3 is 5.69 Å². The minimum Gasteiger partial charge on any atom is -0.502 e. The van der Waals surface area contributed by atoms with Crippen molar-refractivity contribution < 1.29 is 20.2 Å². The molecular weight excluding hydrogens is 222 g/mol. The van der Waals surface area contributed by atoms with Crippen LogP contribution in [0.15, 0.2) is 17.3 Å². The number of non-ortho nitro benzene ring substituents is 1. The summed E-state index contributed by atoms with van der Waals surface area (Å²) < 4.78 is 0. The zero-order valence-corrected chi connectivity index (χ0v) is 7.60. The van der Waals surface area contributed by atoms with Crippen LogP contribution in [0.5, 0.6) is 5.75 Å². The summed E-state index contributed by atoms with van der Waals surface area (Å²) in [4.78, 5) is 19.1. The summed E-state index contributed by atoms with van der Waals surface area (Å²) in [7, 11) is 0. The molecule has 0 atom stereocenters. The Hall–Kier alpha value is -2.71. The van der Waals surface area contributed by atoms with Gasteiger partial charge in [-0.1, -0.05) is 5.16 Å². The van der Waals surface area contributed by atoms with Crippen molar-refractivity contribution in [2.75, 3.05) is 0 Å². The normalized spacial score (nSPS) is 10.5. The van der Waals surface area contributed by atoms with Gasteiger partial charge in [0.15, 0.2) is 0 Å². The lowest BCUT2D eigenvalue weighted by molar-refractivity contribution is -0.394. The number of nitro groups is 2. The molecule has 0 saturated carbocycles. The van der Waals surface area contributed by atoms with Gasteiger partial charge in [0.2, 0.25) is 5.75 Å². The molecule has 2 N–H and O–H groups in total. The van der Waals surface area contributed by atoms with Gasteiger partial charge in [-0.25, -0.2) is 0 Å². The van der Waals surface area contributed by atoms with Gasteiger partial charge < -0.3 is 10.3 Å². The number of hydrogen-bond donors (Lipinski definition) is 2. The smallest absolute Gasteiger partial charge is 0.318 e. The zero-order valence-electron chi connectivity index (χ0n) is 7.60. The molecule has 0 aliphatic heterocycles. The monoisotopic (exact) mass is 227 g/mol. The van der Waals surface area contributed by atoms with E-state index in [1.165, 1.54) is 0 Å². The van der Waals surface area contributed by atoms with E-state index < -0.39 is 27.0 Å². The number of phenolic OH excluding ortho intramolecular Hbond substituents is 1. The highest BCUT2D eigenvalue weighted by atomic mass is 16.6. The molecule has 0 unspecified atom stereocenters. The van der Waals surface area contributed by atoms with E-state index in [0.29, 0.717) is 12.3 Å². The van der Waals surface area contributed by atoms with E-state index in [2.05, 4.69) is 5.16 Å². The maximum absolute atomic E-state index is 10.5. The van der Waals surface area contributed by atoms with E-state index in [0.717, 1.165) is 6.07 Å². The van der Waals surface area contributed by atoms with Crippen LogP contribution < -0.4 is 0 Å². The molecule has 9 heteroatoms. The van der Waals surface area contributed by atoms with E-state index in [9.17, 15) is 25.3 Å². The molecular formula is C7H5N3O6. The maximum Gasteiger partial charge on any atom is 0.318 e. The molecule has 0 aliphatic carbocycles. The number of nitro benzene ring substituents is 2. The van der Waals surface area contributed by atoms with Gasteiger partial charge in [0.25, 0.3) is 5.69 Å². The number of aromatic hydroxyl groups is 1. The second-order valence-electron chi connectivity index (χ2n) is 2.66. The van der Waals surface area contributed by atoms with Crippen LogP contribution >= 0.6 is 0 Å². The predicted molar refractivity (Wildman–Crippen MR) is 50.8 cm³/mol. The van der Waals surface area contributed by atoms with Crippen molar-refractivity contribution in [2.24, 2.45) is 5.16 Å². The molecule has 1 aromatic carbocycles. The molecule has 16 heavy (non-hydrogen) atoms. The number of oxime groups is 1. The second-order valence-corrected chi connectivity index (χ2v) is 2.66. The lowest BCUT2D eigenvalue weighted by atomic mass is 10.1. The Labute approximate surface area is 87.5 Å². The summed E-state index contributed by atoms with van der Waals surface area (Å²) in [6.45, 7) is 0. The van der Waals surface area contributed by atoms with Crippen molar-refractivity contribution in [3.8, 4) is 5.75 Å². The Kier molecular flexibility index (Phi) is 2.99. The van der Waals surface area contributed by atoms with Gasteiger partial charge in [-0.2, -0.15) is 0 Å². The maximum atomic E-state index is 10.5. The number of phenols is 1. The van der Waals surface area contributed by atoms with Crippen LogP contribution in [0.4, 0.5) is 11.4 Å². The molecule has 0 radical (unpaired) electrons. The summed E-state index contributed by atoms with van der Waals surface area (Å²) in [6.07, 6.45) is 0.662. The number of benzene rings is 1. The van der Waals surface area contributed by atoms with Crippen LogP contribution in [0.2, 0.25) is 0 Å². The Bertz CT molecular complexity index is 483. The summed E-state index contributed by atoms with van der Waals surface area (Å²) in [5.74, 6) is -0.798. The third-order valence-electron chi connectivity index (χ3n) is 1.71. The highest BCUT2D eigenvalue weighted by Gasteiger charge is 2.22. The molecule has 0 bridgehead atoms. The van der Waals surface area contributed by atoms with Crippen molar-refractivity contribution in [2.45, 2.75) is 0 Å². The van der Waals surface area contributed by atoms with E-state index in [-0.39, 0.29) is 5.56 Å². The standard InChI is InChI=1S/C7H5N3O6/c11-7-4(3-8-12)1-5(9(13)14)2-6(7)10(15)16/h1-3,11-12H. The van der Waals surface area contributed by atoms with Crippen LogP contribution in [0.1, 0.15) is 5.56 Å². The zero-order chi connectivity index (χ0) is 12.3. The molecule has 1 aromatic rings. The molecule has 0 amide bonds. The first-order valence-electron chi connectivity index (χ1n) is 3.80. The van der Waals surface area contributed by atoms with Crippen LogP contribution in [0, 0.1) is 20.2 Å². The van der Waals surface area contributed by atoms with Crippen LogP contribution in [0.3, 0.4) is 0 Å². The topological polar surface area (TPSA) is 139 Å². The van der Waals surface area contributed by atoms with Crippen molar-refractivity contribution in [1.82, 2.24) is 0 Å². The Morgan fingerprint density at radius 1 is 1.25 bits per heavy atom. The summed E-state index contributed by atoms with van der Waals surface area (Å²) in [5, 5.41) is 41.0. The minimum absolute atomic E-state index is 0.316. The lowest BCUT2D eigenvalue weighted by Gasteiger charge is -1.99. The molecule has 0 spiro atoms. The minimum atomic E-state index is -0.975. The van der Waals surface area contributed by atoms with Crippen molar-refractivity contribution in [3.05, 3.63) is 37.9 Å². The van der Waals surface area contributed by atoms with Crippen molar-refractivity contribution >= 4 is 17.6 Å². The largest absolute Gasteiger partial charge is 0.502 e. The van der Waals surface area contributed by atoms with Crippen molar-refractivity contribution in [3.63, 3.8) is 0 Å². The highest BCUT2D eigenvalue weighted by Crippen LogP contribution is 2.33. The summed E-state index contributed by atoms with van der Waals surface area (Å²) in [6, 6.07) is 1.46. The van der Waals surface area contributed by atoms with Crippen LogP contribution in [0.25, 0.3) is 0 Å². The summed E-state index contributed by atoms with van der Waals surface area (Å²) in [5.41, 5.74) is -1.73. The Morgan fingerprint density at radius 3 is 2.31 bits per heavy atom. The first kappa shape index (κ1) is 11.4.